The van der Waals surface area contributed by atoms with Crippen molar-refractivity contribution in [1.29, 1.82) is 0 Å². The molecule has 1 aliphatic carbocycles. The van der Waals surface area contributed by atoms with Gasteiger partial charge in [0.15, 0.2) is 0 Å². The van der Waals surface area contributed by atoms with E-state index in [-0.39, 0.29) is 12.5 Å². The summed E-state index contributed by atoms with van der Waals surface area (Å²) in [5.74, 6) is 2.58. The highest BCUT2D eigenvalue weighted by Gasteiger charge is 2.39. The molecule has 7 nitrogen and oxygen atoms in total. The van der Waals surface area contributed by atoms with Crippen LogP contribution in [-0.4, -0.2) is 56.6 Å². The Kier molecular flexibility index (Phi) is 3.88. The third-order valence-electron chi connectivity index (χ3n) is 5.41. The van der Waals surface area contributed by atoms with E-state index in [9.17, 15) is 4.79 Å². The van der Waals surface area contributed by atoms with E-state index < -0.39 is 0 Å². The molecular formula is C17H23N5O2. The number of nitrogens with one attached hydrogen (secondary N) is 2. The summed E-state index contributed by atoms with van der Waals surface area (Å²) in [4.78, 5) is 25.7. The number of aryl methyl sites for hydroxylation is 1. The fraction of sp³-hybridized carbons (Fsp3) is 0.588. The molecule has 3 N–H and O–H groups in total. The summed E-state index contributed by atoms with van der Waals surface area (Å²) < 4.78 is 0. The molecule has 2 aromatic heterocycles. The third kappa shape index (κ3) is 2.73. The van der Waals surface area contributed by atoms with Gasteiger partial charge in [-0.05, 0) is 44.1 Å². The molecule has 0 radical (unpaired) electrons. The number of hydrogen-bond donors (Lipinski definition) is 3. The first-order chi connectivity index (χ1) is 11.6. The van der Waals surface area contributed by atoms with Gasteiger partial charge in [0.05, 0.1) is 5.39 Å². The van der Waals surface area contributed by atoms with E-state index in [1.807, 2.05) is 24.1 Å². The van der Waals surface area contributed by atoms with Crippen LogP contribution in [0.2, 0.25) is 0 Å². The SMILES string of the molecule is Cc1nc(N[C@H]2CC[C@H]3CN(C(=O)CO)C[C@H]3C2)c2cc[nH]c2n1. The Hall–Kier alpha value is -2.15. The quantitative estimate of drug-likeness (QED) is 0.789. The number of aliphatic hydroxyl groups excluding tert-OH is 1. The molecule has 3 atom stereocenters. The lowest BCUT2D eigenvalue weighted by molar-refractivity contribution is -0.133. The third-order valence-corrected chi connectivity index (χ3v) is 5.41. The van der Waals surface area contributed by atoms with Gasteiger partial charge in [-0.15, -0.1) is 0 Å². The van der Waals surface area contributed by atoms with Crippen molar-refractivity contribution in [1.82, 2.24) is 19.9 Å². The first-order valence-electron chi connectivity index (χ1n) is 8.61. The molecule has 0 unspecified atom stereocenters. The Morgan fingerprint density at radius 3 is 3.04 bits per heavy atom. The van der Waals surface area contributed by atoms with E-state index in [1.54, 1.807) is 0 Å². The second kappa shape index (κ2) is 6.05. The van der Waals surface area contributed by atoms with Crippen molar-refractivity contribution in [2.24, 2.45) is 11.8 Å². The molecule has 1 aliphatic heterocycles. The average molecular weight is 329 g/mol. The number of aromatic amines is 1. The lowest BCUT2D eigenvalue weighted by atomic mass is 9.79. The molecule has 4 rings (SSSR count). The van der Waals surface area contributed by atoms with Gasteiger partial charge in [-0.25, -0.2) is 9.97 Å². The van der Waals surface area contributed by atoms with E-state index in [4.69, 9.17) is 5.11 Å². The summed E-state index contributed by atoms with van der Waals surface area (Å²) >= 11 is 0. The number of hydrogen-bond acceptors (Lipinski definition) is 5. The number of carbonyl (C=O) groups excluding carboxylic acids is 1. The Bertz CT molecular complexity index is 759. The van der Waals surface area contributed by atoms with Gasteiger partial charge in [0.1, 0.15) is 23.9 Å². The number of carbonyl (C=O) groups is 1. The molecule has 7 heteroatoms. The zero-order chi connectivity index (χ0) is 16.7. The number of anilines is 1. The second-order valence-corrected chi connectivity index (χ2v) is 6.99. The number of fused-ring (bicyclic) bond motifs is 2. The van der Waals surface area contributed by atoms with Crippen LogP contribution >= 0.6 is 0 Å². The summed E-state index contributed by atoms with van der Waals surface area (Å²) in [5, 5.41) is 13.7. The zero-order valence-electron chi connectivity index (χ0n) is 13.8. The molecule has 24 heavy (non-hydrogen) atoms. The van der Waals surface area contributed by atoms with Crippen molar-refractivity contribution in [3.8, 4) is 0 Å². The van der Waals surface area contributed by atoms with Gasteiger partial charge in [0.25, 0.3) is 0 Å². The monoisotopic (exact) mass is 329 g/mol. The van der Waals surface area contributed by atoms with E-state index in [2.05, 4.69) is 20.3 Å². The van der Waals surface area contributed by atoms with Crippen LogP contribution in [0.4, 0.5) is 5.82 Å². The molecule has 0 bridgehead atoms. The van der Waals surface area contributed by atoms with Crippen molar-refractivity contribution in [3.05, 3.63) is 18.1 Å². The van der Waals surface area contributed by atoms with Crippen molar-refractivity contribution in [2.75, 3.05) is 25.0 Å². The highest BCUT2D eigenvalue weighted by molar-refractivity contribution is 5.87. The van der Waals surface area contributed by atoms with Crippen LogP contribution < -0.4 is 5.32 Å². The van der Waals surface area contributed by atoms with E-state index in [0.717, 1.165) is 55.0 Å². The van der Waals surface area contributed by atoms with Crippen molar-refractivity contribution in [3.63, 3.8) is 0 Å². The van der Waals surface area contributed by atoms with Crippen LogP contribution in [-0.2, 0) is 4.79 Å². The zero-order valence-corrected chi connectivity index (χ0v) is 13.8. The predicted octanol–water partition coefficient (Wildman–Crippen LogP) is 1.30. The summed E-state index contributed by atoms with van der Waals surface area (Å²) in [6.45, 7) is 3.08. The first-order valence-corrected chi connectivity index (χ1v) is 8.61. The van der Waals surface area contributed by atoms with Gasteiger partial charge < -0.3 is 20.3 Å². The van der Waals surface area contributed by atoms with Crippen LogP contribution in [0.5, 0.6) is 0 Å². The highest BCUT2D eigenvalue weighted by Crippen LogP contribution is 2.37. The standard InChI is InChI=1S/C17H23N5O2/c1-10-19-16-14(4-5-18-16)17(20-10)21-13-3-2-11-7-22(15(24)9-23)8-12(11)6-13/h4-5,11-13,23H,2-3,6-9H2,1H3,(H2,18,19,20,21)/t11-,12+,13-/m0/s1. The maximum absolute atomic E-state index is 11.7. The second-order valence-electron chi connectivity index (χ2n) is 6.99. The maximum Gasteiger partial charge on any atom is 0.248 e. The van der Waals surface area contributed by atoms with Crippen LogP contribution in [0.1, 0.15) is 25.1 Å². The highest BCUT2D eigenvalue weighted by atomic mass is 16.3. The van der Waals surface area contributed by atoms with E-state index in [1.165, 1.54) is 0 Å². The van der Waals surface area contributed by atoms with Crippen LogP contribution in [0, 0.1) is 18.8 Å². The molecule has 0 spiro atoms. The number of H-pyrrole nitrogens is 1. The van der Waals surface area contributed by atoms with Crippen molar-refractivity contribution < 1.29 is 9.90 Å². The molecule has 1 saturated heterocycles. The van der Waals surface area contributed by atoms with Gasteiger partial charge in [0.2, 0.25) is 5.91 Å². The van der Waals surface area contributed by atoms with Crippen LogP contribution in [0.3, 0.4) is 0 Å². The van der Waals surface area contributed by atoms with Crippen molar-refractivity contribution >= 4 is 22.8 Å². The summed E-state index contributed by atoms with van der Waals surface area (Å²) in [6.07, 6.45) is 5.11. The molecule has 2 fully saturated rings. The minimum absolute atomic E-state index is 0.144. The molecule has 1 amide bonds. The number of amides is 1. The number of rotatable bonds is 3. The van der Waals surface area contributed by atoms with Crippen LogP contribution in [0.25, 0.3) is 11.0 Å². The molecular weight excluding hydrogens is 306 g/mol. The molecule has 128 valence electrons. The number of likely N-dealkylation sites (tertiary alicyclic amines) is 1. The topological polar surface area (TPSA) is 94.1 Å². The Labute approximate surface area is 140 Å². The smallest absolute Gasteiger partial charge is 0.248 e. The lowest BCUT2D eigenvalue weighted by Crippen LogP contribution is -2.32. The fourth-order valence-corrected chi connectivity index (χ4v) is 4.22. The van der Waals surface area contributed by atoms with E-state index in [0.29, 0.717) is 17.9 Å². The molecule has 1 saturated carbocycles. The maximum atomic E-state index is 11.7. The summed E-state index contributed by atoms with van der Waals surface area (Å²) in [5.41, 5.74) is 0.860. The number of aromatic nitrogens is 3. The largest absolute Gasteiger partial charge is 0.387 e. The molecule has 2 aromatic rings. The normalized spacial score (nSPS) is 26.6. The van der Waals surface area contributed by atoms with Gasteiger partial charge in [0, 0.05) is 25.3 Å². The molecule has 3 heterocycles. The number of aliphatic hydroxyl groups is 1. The molecule has 2 aliphatic rings. The minimum atomic E-state index is -0.382. The minimum Gasteiger partial charge on any atom is -0.387 e. The van der Waals surface area contributed by atoms with Gasteiger partial charge in [-0.1, -0.05) is 0 Å². The van der Waals surface area contributed by atoms with Crippen LogP contribution in [0.15, 0.2) is 12.3 Å². The summed E-state index contributed by atoms with van der Waals surface area (Å²) in [6, 6.07) is 2.36. The summed E-state index contributed by atoms with van der Waals surface area (Å²) in [7, 11) is 0. The fourth-order valence-electron chi connectivity index (χ4n) is 4.22. The Morgan fingerprint density at radius 1 is 1.38 bits per heavy atom. The average Bonchev–Trinajstić information content (AvgIpc) is 3.19. The Morgan fingerprint density at radius 2 is 2.21 bits per heavy atom. The Balaban J connectivity index is 1.47. The van der Waals surface area contributed by atoms with Gasteiger partial charge >= 0.3 is 0 Å². The number of nitrogens with zero attached hydrogens (tertiary/aromatic N) is 3. The van der Waals surface area contributed by atoms with Gasteiger partial charge in [-0.2, -0.15) is 0 Å². The van der Waals surface area contributed by atoms with Gasteiger partial charge in [-0.3, -0.25) is 4.79 Å². The molecule has 0 aromatic carbocycles. The first kappa shape index (κ1) is 15.4. The lowest BCUT2D eigenvalue weighted by Gasteiger charge is -2.31. The van der Waals surface area contributed by atoms with E-state index >= 15 is 0 Å². The van der Waals surface area contributed by atoms with Crippen molar-refractivity contribution in [2.45, 2.75) is 32.2 Å². The predicted molar refractivity (Wildman–Crippen MR) is 90.5 cm³/mol.